The largest absolute Gasteiger partial charge is 0.336 e. The molecular formula is C22H24ClN5O2. The van der Waals surface area contributed by atoms with Gasteiger partial charge in [0.05, 0.1) is 5.02 Å². The molecule has 156 valence electrons. The Morgan fingerprint density at radius 3 is 2.80 bits per heavy atom. The summed E-state index contributed by atoms with van der Waals surface area (Å²) in [6.45, 7) is 2.55. The number of carbonyl (C=O) groups is 1. The van der Waals surface area contributed by atoms with E-state index < -0.39 is 0 Å². The van der Waals surface area contributed by atoms with Crippen molar-refractivity contribution < 1.29 is 4.79 Å². The summed E-state index contributed by atoms with van der Waals surface area (Å²) >= 11 is 6.05. The maximum atomic E-state index is 13.2. The topological polar surface area (TPSA) is 62.9 Å². The fourth-order valence-electron chi connectivity index (χ4n) is 4.85. The monoisotopic (exact) mass is 425 g/mol. The minimum atomic E-state index is -0.0652. The molecule has 1 amide bonds. The van der Waals surface area contributed by atoms with E-state index in [1.54, 1.807) is 28.9 Å². The lowest BCUT2D eigenvalue weighted by atomic mass is 9.83. The Balaban J connectivity index is 1.42. The second-order valence-corrected chi connectivity index (χ2v) is 9.12. The molecule has 7 nitrogen and oxygen atoms in total. The average molecular weight is 426 g/mol. The van der Waals surface area contributed by atoms with Crippen LogP contribution in [0.5, 0.6) is 0 Å². The van der Waals surface area contributed by atoms with Crippen molar-refractivity contribution in [2.24, 2.45) is 5.92 Å². The van der Waals surface area contributed by atoms with Crippen LogP contribution in [0.25, 0.3) is 5.65 Å². The van der Waals surface area contributed by atoms with Crippen molar-refractivity contribution in [1.82, 2.24) is 23.8 Å². The highest BCUT2D eigenvalue weighted by molar-refractivity contribution is 6.30. The molecule has 2 bridgehead atoms. The van der Waals surface area contributed by atoms with E-state index in [4.69, 9.17) is 11.6 Å². The Hall–Kier alpha value is -2.64. The predicted molar refractivity (Wildman–Crippen MR) is 115 cm³/mol. The summed E-state index contributed by atoms with van der Waals surface area (Å²) in [6, 6.07) is 7.59. The van der Waals surface area contributed by atoms with Gasteiger partial charge in [-0.3, -0.25) is 9.59 Å². The SMILES string of the molecule is CN(C)Cc1ccc2n(c1=O)C[C@H]1C[C@@H]2CN(C(=O)c2cn3cc(Cl)ccc3n2)C1. The molecule has 0 unspecified atom stereocenters. The maximum absolute atomic E-state index is 13.2. The van der Waals surface area contributed by atoms with Crippen LogP contribution in [0, 0.1) is 5.92 Å². The zero-order valence-corrected chi connectivity index (χ0v) is 17.8. The van der Waals surface area contributed by atoms with Crippen LogP contribution in [0.4, 0.5) is 0 Å². The Kier molecular flexibility index (Phi) is 4.67. The van der Waals surface area contributed by atoms with Gasteiger partial charge in [0.25, 0.3) is 11.5 Å². The third-order valence-electron chi connectivity index (χ3n) is 6.09. The summed E-state index contributed by atoms with van der Waals surface area (Å²) in [5.74, 6) is 0.387. The van der Waals surface area contributed by atoms with Crippen LogP contribution in [0.15, 0.2) is 41.5 Å². The van der Waals surface area contributed by atoms with Gasteiger partial charge in [0.15, 0.2) is 0 Å². The minimum Gasteiger partial charge on any atom is -0.336 e. The van der Waals surface area contributed by atoms with E-state index in [1.165, 1.54) is 0 Å². The van der Waals surface area contributed by atoms with E-state index in [2.05, 4.69) is 11.1 Å². The zero-order valence-electron chi connectivity index (χ0n) is 17.1. The van der Waals surface area contributed by atoms with E-state index in [0.717, 1.165) is 17.7 Å². The number of piperidine rings is 1. The number of fused-ring (bicyclic) bond motifs is 5. The van der Waals surface area contributed by atoms with Gasteiger partial charge in [0, 0.05) is 55.7 Å². The van der Waals surface area contributed by atoms with Gasteiger partial charge >= 0.3 is 0 Å². The number of aromatic nitrogens is 3. The van der Waals surface area contributed by atoms with Crippen molar-refractivity contribution in [3.63, 3.8) is 0 Å². The fraction of sp³-hybridized carbons (Fsp3) is 0.409. The van der Waals surface area contributed by atoms with Gasteiger partial charge < -0.3 is 18.8 Å². The van der Waals surface area contributed by atoms with E-state index >= 15 is 0 Å². The molecule has 2 aliphatic rings. The van der Waals surface area contributed by atoms with Gasteiger partial charge in [-0.15, -0.1) is 0 Å². The number of nitrogens with zero attached hydrogens (tertiary/aromatic N) is 5. The lowest BCUT2D eigenvalue weighted by molar-refractivity contribution is 0.0589. The number of pyridine rings is 2. The number of likely N-dealkylation sites (tertiary alicyclic amines) is 1. The zero-order chi connectivity index (χ0) is 21.0. The van der Waals surface area contributed by atoms with Crippen LogP contribution in [-0.4, -0.2) is 56.8 Å². The normalized spacial score (nSPS) is 20.6. The molecule has 0 aromatic carbocycles. The summed E-state index contributed by atoms with van der Waals surface area (Å²) in [5.41, 5.74) is 3.09. The molecule has 8 heteroatoms. The second-order valence-electron chi connectivity index (χ2n) is 8.68. The van der Waals surface area contributed by atoms with E-state index in [9.17, 15) is 9.59 Å². The highest BCUT2D eigenvalue weighted by Gasteiger charge is 2.37. The molecule has 3 aromatic rings. The highest BCUT2D eigenvalue weighted by Crippen LogP contribution is 2.35. The van der Waals surface area contributed by atoms with Crippen LogP contribution in [0.1, 0.15) is 34.1 Å². The first kappa shape index (κ1) is 19.3. The van der Waals surface area contributed by atoms with Gasteiger partial charge in [-0.05, 0) is 44.6 Å². The number of hydrogen-bond donors (Lipinski definition) is 0. The number of carbonyl (C=O) groups excluding carboxylic acids is 1. The van der Waals surface area contributed by atoms with Crippen molar-refractivity contribution in [2.45, 2.75) is 25.4 Å². The lowest BCUT2D eigenvalue weighted by Gasteiger charge is -2.42. The molecule has 0 saturated carbocycles. The van der Waals surface area contributed by atoms with Crippen molar-refractivity contribution in [3.8, 4) is 0 Å². The number of rotatable bonds is 3. The molecule has 0 radical (unpaired) electrons. The molecule has 0 N–H and O–H groups in total. The van der Waals surface area contributed by atoms with Crippen molar-refractivity contribution in [2.75, 3.05) is 27.2 Å². The van der Waals surface area contributed by atoms with Gasteiger partial charge in [-0.1, -0.05) is 17.7 Å². The molecular weight excluding hydrogens is 402 g/mol. The van der Waals surface area contributed by atoms with Crippen LogP contribution in [-0.2, 0) is 13.1 Å². The first-order valence-electron chi connectivity index (χ1n) is 10.2. The van der Waals surface area contributed by atoms with E-state index in [1.807, 2.05) is 34.5 Å². The van der Waals surface area contributed by atoms with Crippen LogP contribution in [0.3, 0.4) is 0 Å². The molecule has 0 aliphatic carbocycles. The second kappa shape index (κ2) is 7.25. The third kappa shape index (κ3) is 3.32. The Morgan fingerprint density at radius 1 is 1.17 bits per heavy atom. The standard InChI is InChI=1S/C22H24ClN5O2/c1-25(2)10-15-3-5-19-16-7-14(9-28(19)21(15)29)8-27(11-16)22(30)18-13-26-12-17(23)4-6-20(26)24-18/h3-6,12-14,16H,7-11H2,1-2H3/t14-,16+/m0/s1. The smallest absolute Gasteiger partial charge is 0.274 e. The molecule has 1 fully saturated rings. The van der Waals surface area contributed by atoms with Crippen molar-refractivity contribution in [3.05, 3.63) is 69.0 Å². The average Bonchev–Trinajstić information content (AvgIpc) is 3.12. The molecule has 3 aromatic heterocycles. The molecule has 5 heterocycles. The maximum Gasteiger partial charge on any atom is 0.274 e. The molecule has 2 atom stereocenters. The Labute approximate surface area is 179 Å². The molecule has 0 spiro atoms. The quantitative estimate of drug-likeness (QED) is 0.646. The summed E-state index contributed by atoms with van der Waals surface area (Å²) in [6.07, 6.45) is 4.50. The van der Waals surface area contributed by atoms with Gasteiger partial charge in [-0.2, -0.15) is 0 Å². The summed E-state index contributed by atoms with van der Waals surface area (Å²) in [5, 5.41) is 0.599. The predicted octanol–water partition coefficient (Wildman–Crippen LogP) is 2.47. The summed E-state index contributed by atoms with van der Waals surface area (Å²) in [4.78, 5) is 34.5. The van der Waals surface area contributed by atoms with Gasteiger partial charge in [0.2, 0.25) is 0 Å². The van der Waals surface area contributed by atoms with E-state index in [-0.39, 0.29) is 23.3 Å². The summed E-state index contributed by atoms with van der Waals surface area (Å²) < 4.78 is 3.72. The molecule has 30 heavy (non-hydrogen) atoms. The Bertz CT molecular complexity index is 1200. The molecule has 5 rings (SSSR count). The molecule has 2 aliphatic heterocycles. The van der Waals surface area contributed by atoms with Crippen molar-refractivity contribution >= 4 is 23.2 Å². The van der Waals surface area contributed by atoms with E-state index in [0.29, 0.717) is 42.5 Å². The van der Waals surface area contributed by atoms with Crippen LogP contribution in [0.2, 0.25) is 5.02 Å². The number of imidazole rings is 1. The fourth-order valence-corrected chi connectivity index (χ4v) is 5.02. The number of amides is 1. The lowest BCUT2D eigenvalue weighted by Crippen LogP contribution is -2.49. The highest BCUT2D eigenvalue weighted by atomic mass is 35.5. The van der Waals surface area contributed by atoms with Crippen LogP contribution < -0.4 is 5.56 Å². The first-order chi connectivity index (χ1) is 14.4. The van der Waals surface area contributed by atoms with Gasteiger partial charge in [0.1, 0.15) is 11.3 Å². The first-order valence-corrected chi connectivity index (χ1v) is 10.6. The number of hydrogen-bond acceptors (Lipinski definition) is 4. The van der Waals surface area contributed by atoms with Crippen LogP contribution >= 0.6 is 11.6 Å². The number of halogens is 1. The minimum absolute atomic E-state index is 0.0652. The third-order valence-corrected chi connectivity index (χ3v) is 6.31. The summed E-state index contributed by atoms with van der Waals surface area (Å²) in [7, 11) is 3.93. The molecule has 1 saturated heterocycles. The van der Waals surface area contributed by atoms with Crippen molar-refractivity contribution in [1.29, 1.82) is 0 Å². The Morgan fingerprint density at radius 2 is 2.00 bits per heavy atom. The van der Waals surface area contributed by atoms with Gasteiger partial charge in [-0.25, -0.2) is 4.98 Å².